The third kappa shape index (κ3) is 6.00. The lowest BCUT2D eigenvalue weighted by Crippen LogP contribution is -2.38. The normalized spacial score (nSPS) is 17.4. The molecule has 0 spiro atoms. The number of morpholine rings is 1. The van der Waals surface area contributed by atoms with E-state index in [-0.39, 0.29) is 5.75 Å². The maximum absolute atomic E-state index is 10.5. The maximum Gasteiger partial charge on any atom is 0.264 e. The van der Waals surface area contributed by atoms with Crippen LogP contribution in [0.3, 0.4) is 0 Å². The van der Waals surface area contributed by atoms with Crippen molar-refractivity contribution >= 4 is 38.4 Å². The highest BCUT2D eigenvalue weighted by Gasteiger charge is 2.14. The van der Waals surface area contributed by atoms with Gasteiger partial charge in [-0.25, -0.2) is 0 Å². The number of hydrogen-bond donors (Lipinski definition) is 1. The van der Waals surface area contributed by atoms with Gasteiger partial charge < -0.3 is 9.64 Å². The molecule has 0 aromatic carbocycles. The molecule has 0 unspecified atom stereocenters. The zero-order valence-corrected chi connectivity index (χ0v) is 11.2. The Hall–Kier alpha value is 0.110. The molecule has 1 aliphatic rings. The highest BCUT2D eigenvalue weighted by atomic mass is 32.2. The predicted octanol–water partition coefficient (Wildman–Crippen LogP) is 0.615. The van der Waals surface area contributed by atoms with Crippen LogP contribution in [0.2, 0.25) is 0 Å². The van der Waals surface area contributed by atoms with E-state index in [9.17, 15) is 8.42 Å². The summed E-state index contributed by atoms with van der Waals surface area (Å²) in [5.41, 5.74) is 0. The number of hydrogen-bond acceptors (Lipinski definition) is 5. The summed E-state index contributed by atoms with van der Waals surface area (Å²) >= 11 is 6.65. The van der Waals surface area contributed by atoms with Gasteiger partial charge in [-0.1, -0.05) is 24.0 Å². The Kier molecular flexibility index (Phi) is 5.98. The van der Waals surface area contributed by atoms with Gasteiger partial charge in [-0.2, -0.15) is 8.42 Å². The first kappa shape index (κ1) is 14.2. The molecule has 0 atom stereocenters. The van der Waals surface area contributed by atoms with Crippen molar-refractivity contribution in [2.75, 3.05) is 37.8 Å². The molecule has 1 saturated heterocycles. The van der Waals surface area contributed by atoms with Crippen LogP contribution >= 0.6 is 24.0 Å². The minimum Gasteiger partial charge on any atom is -0.378 e. The number of nitrogens with zero attached hydrogens (tertiary/aromatic N) is 1. The van der Waals surface area contributed by atoms with E-state index in [2.05, 4.69) is 4.90 Å². The Bertz CT molecular complexity index is 324. The van der Waals surface area contributed by atoms with Crippen molar-refractivity contribution in [1.29, 1.82) is 0 Å². The molecule has 94 valence electrons. The molecule has 0 aromatic heterocycles. The van der Waals surface area contributed by atoms with Gasteiger partial charge in [0.15, 0.2) is 0 Å². The summed E-state index contributed by atoms with van der Waals surface area (Å²) in [6, 6.07) is 0. The lowest BCUT2D eigenvalue weighted by atomic mass is 10.5. The average molecular weight is 285 g/mol. The number of thioether (sulfide) groups is 1. The number of rotatable bonds is 4. The third-order valence-electron chi connectivity index (χ3n) is 2.04. The smallest absolute Gasteiger partial charge is 0.264 e. The summed E-state index contributed by atoms with van der Waals surface area (Å²) < 4.78 is 35.4. The highest BCUT2D eigenvalue weighted by Crippen LogP contribution is 2.12. The Morgan fingerprint density at radius 3 is 2.62 bits per heavy atom. The first-order valence-electron chi connectivity index (χ1n) is 4.93. The van der Waals surface area contributed by atoms with Gasteiger partial charge in [0.1, 0.15) is 4.32 Å². The SMILES string of the molecule is O=S(=O)(O)CCCSC(=S)N1CCOCC1. The second-order valence-corrected chi connectivity index (χ2v) is 6.65. The summed E-state index contributed by atoms with van der Waals surface area (Å²) in [5.74, 6) is 0.404. The first-order valence-corrected chi connectivity index (χ1v) is 7.94. The molecule has 16 heavy (non-hydrogen) atoms. The predicted molar refractivity (Wildman–Crippen MR) is 68.5 cm³/mol. The maximum atomic E-state index is 10.5. The largest absolute Gasteiger partial charge is 0.378 e. The van der Waals surface area contributed by atoms with Crippen LogP contribution in [0, 0.1) is 0 Å². The molecular weight excluding hydrogens is 270 g/mol. The minimum absolute atomic E-state index is 0.203. The van der Waals surface area contributed by atoms with Gasteiger partial charge in [0.25, 0.3) is 10.1 Å². The van der Waals surface area contributed by atoms with E-state index in [1.165, 1.54) is 11.8 Å². The average Bonchev–Trinajstić information content (AvgIpc) is 2.24. The molecule has 1 N–H and O–H groups in total. The van der Waals surface area contributed by atoms with E-state index >= 15 is 0 Å². The monoisotopic (exact) mass is 285 g/mol. The van der Waals surface area contributed by atoms with Crippen molar-refractivity contribution in [3.8, 4) is 0 Å². The lowest BCUT2D eigenvalue weighted by molar-refractivity contribution is 0.0702. The summed E-state index contributed by atoms with van der Waals surface area (Å²) in [4.78, 5) is 2.05. The number of ether oxygens (including phenoxy) is 1. The molecule has 0 bridgehead atoms. The van der Waals surface area contributed by atoms with E-state index < -0.39 is 10.1 Å². The molecular formula is C8H15NO4S3. The summed E-state index contributed by atoms with van der Waals surface area (Å²) in [5, 5.41) is 0. The van der Waals surface area contributed by atoms with Crippen molar-refractivity contribution in [2.24, 2.45) is 0 Å². The van der Waals surface area contributed by atoms with Crippen LogP contribution in [-0.4, -0.2) is 60.0 Å². The van der Waals surface area contributed by atoms with Crippen LogP contribution in [0.4, 0.5) is 0 Å². The molecule has 0 amide bonds. The third-order valence-corrected chi connectivity index (χ3v) is 4.46. The van der Waals surface area contributed by atoms with Gasteiger partial charge in [0, 0.05) is 18.8 Å². The molecule has 1 rings (SSSR count). The van der Waals surface area contributed by atoms with Gasteiger partial charge in [0.05, 0.1) is 19.0 Å². The lowest BCUT2D eigenvalue weighted by Gasteiger charge is -2.28. The second kappa shape index (κ2) is 6.75. The molecule has 8 heteroatoms. The van der Waals surface area contributed by atoms with Gasteiger partial charge in [-0.05, 0) is 6.42 Å². The van der Waals surface area contributed by atoms with Gasteiger partial charge in [-0.3, -0.25) is 4.55 Å². The zero-order chi connectivity index (χ0) is 12.0. The molecule has 0 radical (unpaired) electrons. The Morgan fingerprint density at radius 2 is 2.06 bits per heavy atom. The summed E-state index contributed by atoms with van der Waals surface area (Å²) in [6.07, 6.45) is 0.411. The molecule has 1 fully saturated rings. The zero-order valence-electron chi connectivity index (χ0n) is 8.79. The van der Waals surface area contributed by atoms with Crippen molar-refractivity contribution in [1.82, 2.24) is 4.90 Å². The fraction of sp³-hybridized carbons (Fsp3) is 0.875. The van der Waals surface area contributed by atoms with E-state index in [0.717, 1.165) is 17.4 Å². The molecule has 5 nitrogen and oxygen atoms in total. The van der Waals surface area contributed by atoms with E-state index in [4.69, 9.17) is 21.5 Å². The number of thiocarbonyl (C=S) groups is 1. The quantitative estimate of drug-likeness (QED) is 0.461. The van der Waals surface area contributed by atoms with Gasteiger partial charge in [0.2, 0.25) is 0 Å². The van der Waals surface area contributed by atoms with E-state index in [0.29, 0.717) is 25.4 Å². The fourth-order valence-electron chi connectivity index (χ4n) is 1.24. The van der Waals surface area contributed by atoms with Crippen LogP contribution in [0.15, 0.2) is 0 Å². The minimum atomic E-state index is -3.84. The highest BCUT2D eigenvalue weighted by molar-refractivity contribution is 8.22. The van der Waals surface area contributed by atoms with Crippen molar-refractivity contribution < 1.29 is 17.7 Å². The Morgan fingerprint density at radius 1 is 1.44 bits per heavy atom. The van der Waals surface area contributed by atoms with Crippen LogP contribution in [0.25, 0.3) is 0 Å². The van der Waals surface area contributed by atoms with Crippen molar-refractivity contribution in [2.45, 2.75) is 6.42 Å². The topological polar surface area (TPSA) is 66.8 Å². The first-order chi connectivity index (χ1) is 7.49. The molecule has 0 aliphatic carbocycles. The molecule has 0 saturated carbocycles. The molecule has 1 aliphatic heterocycles. The van der Waals surface area contributed by atoms with Crippen molar-refractivity contribution in [3.63, 3.8) is 0 Å². The van der Waals surface area contributed by atoms with Gasteiger partial charge >= 0.3 is 0 Å². The van der Waals surface area contributed by atoms with Gasteiger partial charge in [-0.15, -0.1) is 0 Å². The van der Waals surface area contributed by atoms with Crippen LogP contribution in [0.5, 0.6) is 0 Å². The Balaban J connectivity index is 2.14. The van der Waals surface area contributed by atoms with Crippen LogP contribution in [-0.2, 0) is 14.9 Å². The fourth-order valence-corrected chi connectivity index (χ4v) is 3.19. The standard InChI is InChI=1S/C8H15NO4S3/c10-16(11,12)7-1-6-15-8(14)9-2-4-13-5-3-9/h1-7H2,(H,10,11,12). The van der Waals surface area contributed by atoms with Crippen LogP contribution < -0.4 is 0 Å². The molecule has 0 aromatic rings. The van der Waals surface area contributed by atoms with Crippen LogP contribution in [0.1, 0.15) is 6.42 Å². The van der Waals surface area contributed by atoms with E-state index in [1.807, 2.05) is 0 Å². The van der Waals surface area contributed by atoms with E-state index in [1.54, 1.807) is 0 Å². The van der Waals surface area contributed by atoms with Crippen molar-refractivity contribution in [3.05, 3.63) is 0 Å². The summed E-state index contributed by atoms with van der Waals surface area (Å²) in [6.45, 7) is 2.96. The summed E-state index contributed by atoms with van der Waals surface area (Å²) in [7, 11) is -3.84. The second-order valence-electron chi connectivity index (χ2n) is 3.35. The molecule has 1 heterocycles. The Labute approximate surface area is 105 Å².